The van der Waals surface area contributed by atoms with E-state index in [0.29, 0.717) is 11.3 Å². The van der Waals surface area contributed by atoms with Gasteiger partial charge in [0.05, 0.1) is 21.7 Å². The van der Waals surface area contributed by atoms with Gasteiger partial charge in [0.15, 0.2) is 12.2 Å². The summed E-state index contributed by atoms with van der Waals surface area (Å²) in [6.07, 6.45) is -5.42. The van der Waals surface area contributed by atoms with Crippen LogP contribution in [0, 0.1) is 6.92 Å². The van der Waals surface area contributed by atoms with Crippen molar-refractivity contribution < 1.29 is 52.0 Å². The summed E-state index contributed by atoms with van der Waals surface area (Å²) < 4.78 is 38.9. The molecule has 3 aromatic rings. The molecule has 1 aliphatic rings. The molecule has 0 N–H and O–H groups in total. The summed E-state index contributed by atoms with van der Waals surface area (Å²) in [6.45, 7) is 5.97. The number of ether oxygens (including phenoxy) is 6. The van der Waals surface area contributed by atoms with Crippen LogP contribution in [0.2, 0.25) is 0 Å². The second-order valence-corrected chi connectivity index (χ2v) is 10.1. The zero-order chi connectivity index (χ0) is 29.8. The zero-order valence-electron chi connectivity index (χ0n) is 22.7. The Kier molecular flexibility index (Phi) is 9.03. The molecule has 13 nitrogen and oxygen atoms in total. The summed E-state index contributed by atoms with van der Waals surface area (Å²) in [5.41, 5.74) is 0.695. The van der Waals surface area contributed by atoms with E-state index in [0.717, 1.165) is 25.8 Å². The van der Waals surface area contributed by atoms with Gasteiger partial charge in [-0.05, 0) is 19.1 Å². The molecule has 1 aromatic carbocycles. The molecule has 1 saturated heterocycles. The first-order valence-electron chi connectivity index (χ1n) is 12.4. The first-order valence-corrected chi connectivity index (χ1v) is 13.3. The Hall–Kier alpha value is -4.30. The lowest BCUT2D eigenvalue weighted by molar-refractivity contribution is -0.288. The standard InChI is InChI=1S/C27H27NO12S/c1-12-28-20(11-41-12)19-9-35-21-8-17(6-7-18(21)23(19)33)39-27-26(38-16(5)32)25(37-15(4)31)24(36-14(3)30)22(40-27)10-34-13(2)29/h6-9,11,22,24-27H,10H2,1-5H3/t22-,24-,25+,26-,27-/m1/s1. The van der Waals surface area contributed by atoms with Gasteiger partial charge in [0.1, 0.15) is 30.3 Å². The van der Waals surface area contributed by atoms with Crippen molar-refractivity contribution >= 4 is 46.2 Å². The van der Waals surface area contributed by atoms with Gasteiger partial charge in [-0.1, -0.05) is 0 Å². The average molecular weight is 590 g/mol. The third kappa shape index (κ3) is 7.08. The molecule has 41 heavy (non-hydrogen) atoms. The van der Waals surface area contributed by atoms with Crippen molar-refractivity contribution in [3.63, 3.8) is 0 Å². The number of fused-ring (bicyclic) bond motifs is 1. The number of aromatic nitrogens is 1. The Balaban J connectivity index is 1.70. The number of hydrogen-bond donors (Lipinski definition) is 0. The Morgan fingerprint density at radius 2 is 1.59 bits per heavy atom. The molecule has 14 heteroatoms. The molecule has 4 rings (SSSR count). The molecule has 5 atom stereocenters. The Bertz CT molecular complexity index is 1530. The van der Waals surface area contributed by atoms with Crippen molar-refractivity contribution in [2.45, 2.75) is 65.3 Å². The van der Waals surface area contributed by atoms with Crippen molar-refractivity contribution in [3.8, 4) is 17.0 Å². The molecule has 1 aliphatic heterocycles. The number of carbonyl (C=O) groups is 4. The zero-order valence-corrected chi connectivity index (χ0v) is 23.6. The van der Waals surface area contributed by atoms with E-state index in [1.165, 1.54) is 42.7 Å². The summed E-state index contributed by atoms with van der Waals surface area (Å²) in [5.74, 6) is -2.79. The van der Waals surface area contributed by atoms with Crippen LogP contribution in [0.1, 0.15) is 32.7 Å². The van der Waals surface area contributed by atoms with E-state index in [2.05, 4.69) is 4.98 Å². The molecule has 0 radical (unpaired) electrons. The van der Waals surface area contributed by atoms with E-state index in [1.54, 1.807) is 5.38 Å². The van der Waals surface area contributed by atoms with Crippen LogP contribution >= 0.6 is 11.3 Å². The van der Waals surface area contributed by atoms with Gasteiger partial charge in [-0.3, -0.25) is 24.0 Å². The van der Waals surface area contributed by atoms with Crippen molar-refractivity contribution in [3.05, 3.63) is 45.1 Å². The average Bonchev–Trinajstić information content (AvgIpc) is 3.31. The third-order valence-corrected chi connectivity index (χ3v) is 6.61. The molecular weight excluding hydrogens is 562 g/mol. The van der Waals surface area contributed by atoms with Gasteiger partial charge in [0, 0.05) is 39.1 Å². The minimum Gasteiger partial charge on any atom is -0.463 e. The predicted octanol–water partition coefficient (Wildman–Crippen LogP) is 2.69. The minimum atomic E-state index is -1.43. The predicted molar refractivity (Wildman–Crippen MR) is 141 cm³/mol. The summed E-state index contributed by atoms with van der Waals surface area (Å²) in [7, 11) is 0. The number of hydrogen-bond acceptors (Lipinski definition) is 14. The summed E-state index contributed by atoms with van der Waals surface area (Å²) >= 11 is 1.40. The highest BCUT2D eigenvalue weighted by Crippen LogP contribution is 2.32. The quantitative estimate of drug-likeness (QED) is 0.278. The lowest BCUT2D eigenvalue weighted by Crippen LogP contribution is -2.63. The summed E-state index contributed by atoms with van der Waals surface area (Å²) in [6, 6.07) is 4.40. The minimum absolute atomic E-state index is 0.138. The van der Waals surface area contributed by atoms with Crippen LogP contribution in [-0.4, -0.2) is 66.2 Å². The maximum atomic E-state index is 13.1. The van der Waals surface area contributed by atoms with Crippen molar-refractivity contribution in [2.75, 3.05) is 6.61 Å². The monoisotopic (exact) mass is 589 g/mol. The lowest BCUT2D eigenvalue weighted by atomic mass is 9.98. The van der Waals surface area contributed by atoms with E-state index in [1.807, 2.05) is 6.92 Å². The van der Waals surface area contributed by atoms with Crippen molar-refractivity contribution in [2.24, 2.45) is 0 Å². The molecule has 2 aromatic heterocycles. The van der Waals surface area contributed by atoms with Crippen LogP contribution in [0.15, 0.2) is 39.1 Å². The van der Waals surface area contributed by atoms with Gasteiger partial charge < -0.3 is 32.8 Å². The van der Waals surface area contributed by atoms with Crippen molar-refractivity contribution in [1.82, 2.24) is 4.98 Å². The Morgan fingerprint density at radius 3 is 2.20 bits per heavy atom. The van der Waals surface area contributed by atoms with E-state index in [-0.39, 0.29) is 22.1 Å². The van der Waals surface area contributed by atoms with E-state index in [9.17, 15) is 24.0 Å². The third-order valence-electron chi connectivity index (χ3n) is 5.84. The normalized spacial score (nSPS) is 22.0. The first kappa shape index (κ1) is 29.7. The largest absolute Gasteiger partial charge is 0.463 e. The van der Waals surface area contributed by atoms with E-state index in [4.69, 9.17) is 32.8 Å². The number of aryl methyl sites for hydroxylation is 1. The lowest BCUT2D eigenvalue weighted by Gasteiger charge is -2.43. The topological polar surface area (TPSA) is 167 Å². The molecule has 0 amide bonds. The van der Waals surface area contributed by atoms with Gasteiger partial charge >= 0.3 is 23.9 Å². The maximum Gasteiger partial charge on any atom is 0.303 e. The van der Waals surface area contributed by atoms with Crippen LogP contribution < -0.4 is 10.2 Å². The first-order chi connectivity index (χ1) is 19.4. The molecule has 218 valence electrons. The molecule has 0 spiro atoms. The van der Waals surface area contributed by atoms with E-state index >= 15 is 0 Å². The molecule has 0 aliphatic carbocycles. The molecule has 0 unspecified atom stereocenters. The second kappa shape index (κ2) is 12.5. The van der Waals surface area contributed by atoms with Crippen LogP contribution in [0.25, 0.3) is 22.2 Å². The van der Waals surface area contributed by atoms with Crippen LogP contribution in [0.3, 0.4) is 0 Å². The number of esters is 4. The fraction of sp³-hybridized carbons (Fsp3) is 0.407. The second-order valence-electron chi connectivity index (χ2n) is 9.07. The highest BCUT2D eigenvalue weighted by atomic mass is 32.1. The van der Waals surface area contributed by atoms with Crippen molar-refractivity contribution in [1.29, 1.82) is 0 Å². The summed E-state index contributed by atoms with van der Waals surface area (Å²) in [5, 5.41) is 2.82. The SMILES string of the molecule is CC(=O)OC[C@H]1O[C@@H](Oc2ccc3c(=O)c(-c4csc(C)n4)coc3c2)[C@H](OC(C)=O)[C@@H](OC(C)=O)[C@@H]1OC(C)=O. The van der Waals surface area contributed by atoms with Crippen LogP contribution in [0.5, 0.6) is 5.75 Å². The molecule has 3 heterocycles. The number of thiazole rings is 1. The number of benzene rings is 1. The molecule has 1 fully saturated rings. The molecular formula is C27H27NO12S. The fourth-order valence-electron chi connectivity index (χ4n) is 4.26. The Morgan fingerprint density at radius 1 is 0.927 bits per heavy atom. The Labute approximate surface area is 237 Å². The van der Waals surface area contributed by atoms with Gasteiger partial charge in [0.2, 0.25) is 17.8 Å². The smallest absolute Gasteiger partial charge is 0.303 e. The molecule has 0 saturated carbocycles. The number of carbonyl (C=O) groups excluding carboxylic acids is 4. The molecule has 0 bridgehead atoms. The van der Waals surface area contributed by atoms with Gasteiger partial charge in [0.25, 0.3) is 0 Å². The number of nitrogens with zero attached hydrogens (tertiary/aromatic N) is 1. The van der Waals surface area contributed by atoms with E-state index < -0.39 is 61.2 Å². The van der Waals surface area contributed by atoms with Gasteiger partial charge in [-0.15, -0.1) is 11.3 Å². The van der Waals surface area contributed by atoms with Crippen LogP contribution in [0.4, 0.5) is 0 Å². The summed E-state index contributed by atoms with van der Waals surface area (Å²) in [4.78, 5) is 64.9. The fourth-order valence-corrected chi connectivity index (χ4v) is 4.88. The number of rotatable bonds is 8. The van der Waals surface area contributed by atoms with Gasteiger partial charge in [-0.2, -0.15) is 0 Å². The maximum absolute atomic E-state index is 13.1. The highest BCUT2D eigenvalue weighted by molar-refractivity contribution is 7.09. The highest BCUT2D eigenvalue weighted by Gasteiger charge is 2.53. The van der Waals surface area contributed by atoms with Crippen LogP contribution in [-0.2, 0) is 42.9 Å². The van der Waals surface area contributed by atoms with Gasteiger partial charge in [-0.25, -0.2) is 4.98 Å².